The number of urea groups is 1. The van der Waals surface area contributed by atoms with Crippen LogP contribution >= 0.6 is 0 Å². The van der Waals surface area contributed by atoms with Gasteiger partial charge in [-0.05, 0) is 13.3 Å². The SMILES string of the molecule is CCCC(NC(=O)N(C)CC(C)C#N)C(=O)O. The minimum atomic E-state index is -1.04. The molecule has 0 saturated carbocycles. The van der Waals surface area contributed by atoms with Crippen LogP contribution in [0.25, 0.3) is 0 Å². The van der Waals surface area contributed by atoms with E-state index in [1.807, 2.05) is 13.0 Å². The van der Waals surface area contributed by atoms with Gasteiger partial charge in [0.15, 0.2) is 0 Å². The van der Waals surface area contributed by atoms with E-state index >= 15 is 0 Å². The quantitative estimate of drug-likeness (QED) is 0.726. The number of nitrogens with one attached hydrogen (secondary N) is 1. The van der Waals surface area contributed by atoms with Crippen molar-refractivity contribution in [1.82, 2.24) is 10.2 Å². The lowest BCUT2D eigenvalue weighted by atomic mass is 10.1. The van der Waals surface area contributed by atoms with E-state index in [0.29, 0.717) is 12.8 Å². The van der Waals surface area contributed by atoms with Gasteiger partial charge in [0.25, 0.3) is 0 Å². The summed E-state index contributed by atoms with van der Waals surface area (Å²) in [4.78, 5) is 23.8. The Balaban J connectivity index is 4.31. The molecule has 0 bridgehead atoms. The first-order chi connectivity index (χ1) is 7.92. The summed E-state index contributed by atoms with van der Waals surface area (Å²) in [6.45, 7) is 3.83. The number of nitrogens with zero attached hydrogens (tertiary/aromatic N) is 2. The van der Waals surface area contributed by atoms with E-state index in [0.717, 1.165) is 0 Å². The smallest absolute Gasteiger partial charge is 0.326 e. The van der Waals surface area contributed by atoms with Crippen molar-refractivity contribution in [3.63, 3.8) is 0 Å². The second kappa shape index (κ2) is 7.49. The van der Waals surface area contributed by atoms with Crippen molar-refractivity contribution in [3.8, 4) is 6.07 Å². The van der Waals surface area contributed by atoms with Crippen molar-refractivity contribution in [2.24, 2.45) is 5.92 Å². The fraction of sp³-hybridized carbons (Fsp3) is 0.727. The molecule has 96 valence electrons. The van der Waals surface area contributed by atoms with Crippen molar-refractivity contribution in [1.29, 1.82) is 5.26 Å². The summed E-state index contributed by atoms with van der Waals surface area (Å²) in [5.74, 6) is -1.32. The molecule has 0 aromatic rings. The highest BCUT2D eigenvalue weighted by atomic mass is 16.4. The first kappa shape index (κ1) is 15.2. The number of carbonyl (C=O) groups is 2. The molecule has 6 heteroatoms. The lowest BCUT2D eigenvalue weighted by Crippen LogP contribution is -2.47. The van der Waals surface area contributed by atoms with Crippen molar-refractivity contribution < 1.29 is 14.7 Å². The molecule has 17 heavy (non-hydrogen) atoms. The van der Waals surface area contributed by atoms with E-state index in [4.69, 9.17) is 10.4 Å². The van der Waals surface area contributed by atoms with Crippen LogP contribution in [0, 0.1) is 17.2 Å². The fourth-order valence-electron chi connectivity index (χ4n) is 1.34. The Morgan fingerprint density at radius 1 is 1.53 bits per heavy atom. The summed E-state index contributed by atoms with van der Waals surface area (Å²) in [5.41, 5.74) is 0. The molecule has 0 saturated heterocycles. The zero-order valence-electron chi connectivity index (χ0n) is 10.4. The van der Waals surface area contributed by atoms with Gasteiger partial charge in [0.1, 0.15) is 6.04 Å². The fourth-order valence-corrected chi connectivity index (χ4v) is 1.34. The second-order valence-corrected chi connectivity index (χ2v) is 4.04. The first-order valence-electron chi connectivity index (χ1n) is 5.56. The number of hydrogen-bond donors (Lipinski definition) is 2. The number of carbonyl (C=O) groups excluding carboxylic acids is 1. The van der Waals surface area contributed by atoms with Crippen LogP contribution in [0.2, 0.25) is 0 Å². The van der Waals surface area contributed by atoms with Crippen molar-refractivity contribution >= 4 is 12.0 Å². The number of amides is 2. The standard InChI is InChI=1S/C11H19N3O3/c1-4-5-9(10(15)16)13-11(17)14(3)7-8(2)6-12/h8-9H,4-5,7H2,1-3H3,(H,13,17)(H,15,16). The molecule has 0 aliphatic heterocycles. The van der Waals surface area contributed by atoms with Crippen molar-refractivity contribution in [2.45, 2.75) is 32.7 Å². The molecule has 2 unspecified atom stereocenters. The Morgan fingerprint density at radius 3 is 2.53 bits per heavy atom. The largest absolute Gasteiger partial charge is 0.480 e. The van der Waals surface area contributed by atoms with Gasteiger partial charge in [-0.3, -0.25) is 0 Å². The van der Waals surface area contributed by atoms with Gasteiger partial charge in [0.2, 0.25) is 0 Å². The molecule has 0 fully saturated rings. The van der Waals surface area contributed by atoms with Gasteiger partial charge < -0.3 is 15.3 Å². The number of carboxylic acid groups (broad SMARTS) is 1. The molecule has 0 spiro atoms. The Kier molecular flexibility index (Phi) is 6.71. The van der Waals surface area contributed by atoms with E-state index in [1.54, 1.807) is 6.92 Å². The second-order valence-electron chi connectivity index (χ2n) is 4.04. The van der Waals surface area contributed by atoms with Crippen LogP contribution < -0.4 is 5.32 Å². The highest BCUT2D eigenvalue weighted by Crippen LogP contribution is 2.00. The third-order valence-electron chi connectivity index (χ3n) is 2.29. The summed E-state index contributed by atoms with van der Waals surface area (Å²) in [7, 11) is 1.54. The number of aliphatic carboxylic acids is 1. The third kappa shape index (κ3) is 5.76. The molecule has 0 aliphatic rings. The zero-order chi connectivity index (χ0) is 13.4. The molecule has 2 N–H and O–H groups in total. The van der Waals surface area contributed by atoms with Gasteiger partial charge in [-0.1, -0.05) is 13.3 Å². The van der Waals surface area contributed by atoms with Gasteiger partial charge in [-0.15, -0.1) is 0 Å². The zero-order valence-corrected chi connectivity index (χ0v) is 10.4. The molecule has 6 nitrogen and oxygen atoms in total. The maximum atomic E-state index is 11.6. The molecule has 0 aromatic carbocycles. The van der Waals surface area contributed by atoms with Crippen LogP contribution in [0.3, 0.4) is 0 Å². The average molecular weight is 241 g/mol. The van der Waals surface area contributed by atoms with Gasteiger partial charge in [-0.25, -0.2) is 9.59 Å². The number of hydrogen-bond acceptors (Lipinski definition) is 3. The van der Waals surface area contributed by atoms with Crippen molar-refractivity contribution in [3.05, 3.63) is 0 Å². The van der Waals surface area contributed by atoms with Gasteiger partial charge in [-0.2, -0.15) is 5.26 Å². The van der Waals surface area contributed by atoms with E-state index in [9.17, 15) is 9.59 Å². The highest BCUT2D eigenvalue weighted by molar-refractivity contribution is 5.82. The maximum Gasteiger partial charge on any atom is 0.326 e. The Morgan fingerprint density at radius 2 is 2.12 bits per heavy atom. The van der Waals surface area contributed by atoms with E-state index in [-0.39, 0.29) is 12.5 Å². The minimum Gasteiger partial charge on any atom is -0.480 e. The van der Waals surface area contributed by atoms with Crippen LogP contribution in [0.4, 0.5) is 4.79 Å². The van der Waals surface area contributed by atoms with Crippen LogP contribution in [0.15, 0.2) is 0 Å². The van der Waals surface area contributed by atoms with Crippen LogP contribution in [-0.4, -0.2) is 41.6 Å². The van der Waals surface area contributed by atoms with Crippen molar-refractivity contribution in [2.75, 3.05) is 13.6 Å². The summed E-state index contributed by atoms with van der Waals surface area (Å²) in [6.07, 6.45) is 1.07. The Bertz CT molecular complexity index is 312. The van der Waals surface area contributed by atoms with Crippen LogP contribution in [0.1, 0.15) is 26.7 Å². The third-order valence-corrected chi connectivity index (χ3v) is 2.29. The van der Waals surface area contributed by atoms with Crippen LogP contribution in [-0.2, 0) is 4.79 Å². The van der Waals surface area contributed by atoms with E-state index in [1.165, 1.54) is 11.9 Å². The number of rotatable bonds is 6. The molecule has 0 rings (SSSR count). The average Bonchev–Trinajstić information content (AvgIpc) is 2.27. The molecule has 0 aromatic heterocycles. The van der Waals surface area contributed by atoms with E-state index in [2.05, 4.69) is 5.32 Å². The van der Waals surface area contributed by atoms with E-state index < -0.39 is 18.0 Å². The molecular formula is C11H19N3O3. The predicted molar refractivity (Wildman–Crippen MR) is 62.3 cm³/mol. The number of nitriles is 1. The maximum absolute atomic E-state index is 11.6. The lowest BCUT2D eigenvalue weighted by molar-refractivity contribution is -0.139. The van der Waals surface area contributed by atoms with Gasteiger partial charge in [0.05, 0.1) is 12.0 Å². The summed E-state index contributed by atoms with van der Waals surface area (Å²) in [6, 6.07) is 0.681. The minimum absolute atomic E-state index is 0.278. The summed E-state index contributed by atoms with van der Waals surface area (Å²) >= 11 is 0. The van der Waals surface area contributed by atoms with Gasteiger partial charge >= 0.3 is 12.0 Å². The summed E-state index contributed by atoms with van der Waals surface area (Å²) in [5, 5.41) is 19.9. The highest BCUT2D eigenvalue weighted by Gasteiger charge is 2.21. The molecule has 2 amide bonds. The van der Waals surface area contributed by atoms with Crippen LogP contribution in [0.5, 0.6) is 0 Å². The molecule has 0 heterocycles. The Hall–Kier alpha value is -1.77. The van der Waals surface area contributed by atoms with Gasteiger partial charge in [0, 0.05) is 13.6 Å². The monoisotopic (exact) mass is 241 g/mol. The molecule has 0 radical (unpaired) electrons. The predicted octanol–water partition coefficient (Wildman–Crippen LogP) is 1.04. The molecule has 0 aliphatic carbocycles. The first-order valence-corrected chi connectivity index (χ1v) is 5.56. The number of carboxylic acids is 1. The summed E-state index contributed by atoms with van der Waals surface area (Å²) < 4.78 is 0. The lowest BCUT2D eigenvalue weighted by Gasteiger charge is -2.21. The Labute approximate surface area is 101 Å². The molecular weight excluding hydrogens is 222 g/mol. The molecule has 2 atom stereocenters. The normalized spacial score (nSPS) is 13.3. The topological polar surface area (TPSA) is 93.4 Å².